The molecule has 104 valence electrons. The molecule has 1 aromatic rings. The largest absolute Gasteiger partial charge is 0.359 e. The summed E-state index contributed by atoms with van der Waals surface area (Å²) in [6.07, 6.45) is 3.75. The van der Waals surface area contributed by atoms with Gasteiger partial charge in [-0.1, -0.05) is 0 Å². The van der Waals surface area contributed by atoms with Crippen molar-refractivity contribution in [3.05, 3.63) is 23.9 Å². The van der Waals surface area contributed by atoms with E-state index in [4.69, 9.17) is 5.73 Å². The summed E-state index contributed by atoms with van der Waals surface area (Å²) in [5.41, 5.74) is 6.97. The first-order valence-corrected chi connectivity index (χ1v) is 6.80. The zero-order valence-corrected chi connectivity index (χ0v) is 11.6. The maximum atomic E-state index is 11.7. The highest BCUT2D eigenvalue weighted by molar-refractivity contribution is 5.79. The van der Waals surface area contributed by atoms with Crippen LogP contribution in [0.2, 0.25) is 0 Å². The number of nitrogens with one attached hydrogen (secondary N) is 1. The highest BCUT2D eigenvalue weighted by Gasteiger charge is 2.25. The molecule has 3 N–H and O–H groups in total. The van der Waals surface area contributed by atoms with Crippen LogP contribution < -0.4 is 16.0 Å². The average molecular weight is 262 g/mol. The van der Waals surface area contributed by atoms with Gasteiger partial charge < -0.3 is 16.0 Å². The van der Waals surface area contributed by atoms with Gasteiger partial charge in [-0.05, 0) is 37.5 Å². The number of hydrogen-bond donors (Lipinski definition) is 2. The van der Waals surface area contributed by atoms with E-state index in [1.165, 1.54) is 0 Å². The Bertz CT molecular complexity index is 447. The summed E-state index contributed by atoms with van der Waals surface area (Å²) in [5, 5.41) is 2.73. The van der Waals surface area contributed by atoms with Gasteiger partial charge in [0.25, 0.3) is 0 Å². The molecular formula is C14H22N4O. The predicted octanol–water partition coefficient (Wildman–Crippen LogP) is 1.06. The fourth-order valence-corrected chi connectivity index (χ4v) is 2.49. The van der Waals surface area contributed by atoms with E-state index >= 15 is 0 Å². The number of carbonyl (C=O) groups is 1. The Morgan fingerprint density at radius 2 is 2.42 bits per heavy atom. The van der Waals surface area contributed by atoms with Crippen LogP contribution in [-0.4, -0.2) is 31.0 Å². The van der Waals surface area contributed by atoms with Crippen LogP contribution in [0.25, 0.3) is 0 Å². The molecule has 1 aromatic heterocycles. The highest BCUT2D eigenvalue weighted by atomic mass is 16.1. The molecule has 19 heavy (non-hydrogen) atoms. The molecule has 0 aliphatic carbocycles. The third-order valence-corrected chi connectivity index (χ3v) is 3.66. The van der Waals surface area contributed by atoms with Crippen LogP contribution in [0, 0.1) is 5.92 Å². The van der Waals surface area contributed by atoms with Crippen molar-refractivity contribution >= 4 is 11.7 Å². The van der Waals surface area contributed by atoms with Crippen LogP contribution >= 0.6 is 0 Å². The summed E-state index contributed by atoms with van der Waals surface area (Å²) in [4.78, 5) is 18.3. The fourth-order valence-electron chi connectivity index (χ4n) is 2.49. The van der Waals surface area contributed by atoms with Crippen LogP contribution in [0.15, 0.2) is 18.3 Å². The molecule has 0 saturated carbocycles. The zero-order chi connectivity index (χ0) is 13.8. The number of aromatic nitrogens is 1. The van der Waals surface area contributed by atoms with E-state index in [1.807, 2.05) is 19.1 Å². The van der Waals surface area contributed by atoms with Gasteiger partial charge >= 0.3 is 0 Å². The fraction of sp³-hybridized carbons (Fsp3) is 0.571. The van der Waals surface area contributed by atoms with Gasteiger partial charge in [0.1, 0.15) is 5.82 Å². The van der Waals surface area contributed by atoms with Crippen molar-refractivity contribution in [3.63, 3.8) is 0 Å². The van der Waals surface area contributed by atoms with Crippen molar-refractivity contribution < 1.29 is 4.79 Å². The van der Waals surface area contributed by atoms with Crippen molar-refractivity contribution in [1.29, 1.82) is 0 Å². The number of hydrogen-bond acceptors (Lipinski definition) is 4. The minimum Gasteiger partial charge on any atom is -0.359 e. The summed E-state index contributed by atoms with van der Waals surface area (Å²) < 4.78 is 0. The summed E-state index contributed by atoms with van der Waals surface area (Å²) in [6, 6.07) is 3.96. The van der Waals surface area contributed by atoms with E-state index in [1.54, 1.807) is 13.2 Å². The standard InChI is InChI=1S/C14H22N4O/c1-10(15)11-5-6-17-13(8-11)18-7-3-4-12(9-18)14(19)16-2/h5-6,8,10,12H,3-4,7,9,15H2,1-2H3,(H,16,19)/t10-,12?/m0/s1. The van der Waals surface area contributed by atoms with Crippen molar-refractivity contribution in [1.82, 2.24) is 10.3 Å². The van der Waals surface area contributed by atoms with E-state index in [-0.39, 0.29) is 17.9 Å². The maximum Gasteiger partial charge on any atom is 0.224 e. The molecule has 2 heterocycles. The number of piperidine rings is 1. The first-order chi connectivity index (χ1) is 9.11. The Labute approximate surface area is 114 Å². The van der Waals surface area contributed by atoms with Gasteiger partial charge in [-0.3, -0.25) is 4.79 Å². The second kappa shape index (κ2) is 6.02. The van der Waals surface area contributed by atoms with Crippen LogP contribution in [0.1, 0.15) is 31.4 Å². The molecule has 1 unspecified atom stereocenters. The van der Waals surface area contributed by atoms with Crippen molar-refractivity contribution in [2.24, 2.45) is 11.7 Å². The van der Waals surface area contributed by atoms with E-state index in [9.17, 15) is 4.79 Å². The molecule has 0 spiro atoms. The lowest BCUT2D eigenvalue weighted by atomic mass is 9.97. The normalized spacial score (nSPS) is 21.0. The molecular weight excluding hydrogens is 240 g/mol. The Morgan fingerprint density at radius 1 is 1.63 bits per heavy atom. The molecule has 1 fully saturated rings. The van der Waals surface area contributed by atoms with Crippen LogP contribution in [0.3, 0.4) is 0 Å². The van der Waals surface area contributed by atoms with E-state index in [0.717, 1.165) is 37.3 Å². The first kappa shape index (κ1) is 13.8. The number of rotatable bonds is 3. The number of nitrogens with zero attached hydrogens (tertiary/aromatic N) is 2. The molecule has 0 aromatic carbocycles. The summed E-state index contributed by atoms with van der Waals surface area (Å²) in [7, 11) is 1.69. The molecule has 5 heteroatoms. The van der Waals surface area contributed by atoms with E-state index < -0.39 is 0 Å². The Hall–Kier alpha value is -1.62. The highest BCUT2D eigenvalue weighted by Crippen LogP contribution is 2.23. The second-order valence-corrected chi connectivity index (χ2v) is 5.14. The first-order valence-electron chi connectivity index (χ1n) is 6.80. The second-order valence-electron chi connectivity index (χ2n) is 5.14. The molecule has 0 radical (unpaired) electrons. The third-order valence-electron chi connectivity index (χ3n) is 3.66. The molecule has 2 rings (SSSR count). The number of amides is 1. The van der Waals surface area contributed by atoms with Gasteiger partial charge in [0.2, 0.25) is 5.91 Å². The summed E-state index contributed by atoms with van der Waals surface area (Å²) in [6.45, 7) is 3.64. The molecule has 1 saturated heterocycles. The van der Waals surface area contributed by atoms with Crippen LogP contribution in [0.5, 0.6) is 0 Å². The van der Waals surface area contributed by atoms with E-state index in [0.29, 0.717) is 0 Å². The van der Waals surface area contributed by atoms with Crippen LogP contribution in [0.4, 0.5) is 5.82 Å². The number of nitrogens with two attached hydrogens (primary N) is 1. The molecule has 1 aliphatic rings. The zero-order valence-electron chi connectivity index (χ0n) is 11.6. The quantitative estimate of drug-likeness (QED) is 0.854. The van der Waals surface area contributed by atoms with Crippen molar-refractivity contribution in [2.45, 2.75) is 25.8 Å². The van der Waals surface area contributed by atoms with Crippen LogP contribution in [-0.2, 0) is 4.79 Å². The monoisotopic (exact) mass is 262 g/mol. The van der Waals surface area contributed by atoms with Crippen molar-refractivity contribution in [3.8, 4) is 0 Å². The lowest BCUT2D eigenvalue weighted by Gasteiger charge is -2.32. The van der Waals surface area contributed by atoms with Gasteiger partial charge in [-0.25, -0.2) is 4.98 Å². The molecule has 2 atom stereocenters. The Kier molecular flexibility index (Phi) is 4.37. The SMILES string of the molecule is CNC(=O)C1CCCN(c2cc([C@H](C)N)ccn2)C1. The van der Waals surface area contributed by atoms with Gasteiger partial charge in [0, 0.05) is 32.4 Å². The maximum absolute atomic E-state index is 11.7. The minimum absolute atomic E-state index is 0.00118. The minimum atomic E-state index is 0.00118. The summed E-state index contributed by atoms with van der Waals surface area (Å²) in [5.74, 6) is 1.09. The van der Waals surface area contributed by atoms with E-state index in [2.05, 4.69) is 15.2 Å². The Balaban J connectivity index is 2.13. The van der Waals surface area contributed by atoms with Crippen molar-refractivity contribution in [2.75, 3.05) is 25.0 Å². The molecule has 1 amide bonds. The lowest BCUT2D eigenvalue weighted by molar-refractivity contribution is -0.124. The van der Waals surface area contributed by atoms with Gasteiger partial charge in [0.15, 0.2) is 0 Å². The number of carbonyl (C=O) groups excluding carboxylic acids is 1. The molecule has 0 bridgehead atoms. The smallest absolute Gasteiger partial charge is 0.224 e. The number of anilines is 1. The predicted molar refractivity (Wildman–Crippen MR) is 75.8 cm³/mol. The van der Waals surface area contributed by atoms with Gasteiger partial charge in [0.05, 0.1) is 5.92 Å². The average Bonchev–Trinajstić information content (AvgIpc) is 2.46. The van der Waals surface area contributed by atoms with Gasteiger partial charge in [-0.15, -0.1) is 0 Å². The molecule has 1 aliphatic heterocycles. The lowest BCUT2D eigenvalue weighted by Crippen LogP contribution is -2.42. The third kappa shape index (κ3) is 3.23. The van der Waals surface area contributed by atoms with Gasteiger partial charge in [-0.2, -0.15) is 0 Å². The molecule has 5 nitrogen and oxygen atoms in total. The Morgan fingerprint density at radius 3 is 3.11 bits per heavy atom. The topological polar surface area (TPSA) is 71.2 Å². The summed E-state index contributed by atoms with van der Waals surface area (Å²) >= 11 is 0. The number of pyridine rings is 1.